The van der Waals surface area contributed by atoms with Crippen LogP contribution in [0.2, 0.25) is 0 Å². The van der Waals surface area contributed by atoms with Gasteiger partial charge in [0.2, 0.25) is 0 Å². The molecule has 66 valence electrons. The highest BCUT2D eigenvalue weighted by atomic mass is 127. The highest BCUT2D eigenvalue weighted by molar-refractivity contribution is 14.1. The van der Waals surface area contributed by atoms with Gasteiger partial charge in [-0.05, 0) is 52.4 Å². The summed E-state index contributed by atoms with van der Waals surface area (Å²) >= 11 is 3.99. The predicted molar refractivity (Wildman–Crippen MR) is 62.4 cm³/mol. The van der Waals surface area contributed by atoms with E-state index >= 15 is 0 Å². The Labute approximate surface area is 93.6 Å². The molecular formula is C10H6FIS. The maximum Gasteiger partial charge on any atom is 0.123 e. The molecule has 1 aromatic carbocycles. The standard InChI is InChI=1S/C10H6FIS/c11-8-3-1-7(2-4-8)9-5-6-10(12)13-9/h1-6H. The van der Waals surface area contributed by atoms with Crippen molar-refractivity contribution < 1.29 is 4.39 Å². The lowest BCUT2D eigenvalue weighted by Gasteiger charge is -1.95. The van der Waals surface area contributed by atoms with Crippen molar-refractivity contribution in [3.05, 3.63) is 45.1 Å². The van der Waals surface area contributed by atoms with Crippen LogP contribution < -0.4 is 0 Å². The van der Waals surface area contributed by atoms with E-state index in [2.05, 4.69) is 34.7 Å². The zero-order valence-corrected chi connectivity index (χ0v) is 9.60. The Bertz CT molecular complexity index is 405. The number of rotatable bonds is 1. The van der Waals surface area contributed by atoms with Gasteiger partial charge in [0.15, 0.2) is 0 Å². The number of halogens is 2. The van der Waals surface area contributed by atoms with Gasteiger partial charge in [-0.2, -0.15) is 0 Å². The molecule has 0 bridgehead atoms. The van der Waals surface area contributed by atoms with Crippen molar-refractivity contribution in [2.75, 3.05) is 0 Å². The summed E-state index contributed by atoms with van der Waals surface area (Å²) in [7, 11) is 0. The lowest BCUT2D eigenvalue weighted by Crippen LogP contribution is -1.73. The van der Waals surface area contributed by atoms with Gasteiger partial charge in [-0.3, -0.25) is 0 Å². The number of hydrogen-bond donors (Lipinski definition) is 0. The molecule has 0 saturated carbocycles. The van der Waals surface area contributed by atoms with Crippen molar-refractivity contribution >= 4 is 33.9 Å². The summed E-state index contributed by atoms with van der Waals surface area (Å²) in [6, 6.07) is 10.7. The molecule has 0 amide bonds. The first kappa shape index (κ1) is 9.15. The minimum absolute atomic E-state index is 0.185. The fourth-order valence-corrected chi connectivity index (χ4v) is 2.71. The highest BCUT2D eigenvalue weighted by Crippen LogP contribution is 2.28. The van der Waals surface area contributed by atoms with E-state index in [0.29, 0.717) is 0 Å². The fourth-order valence-electron chi connectivity index (χ4n) is 1.08. The maximum absolute atomic E-state index is 12.6. The van der Waals surface area contributed by atoms with Crippen LogP contribution in [0.4, 0.5) is 4.39 Å². The Morgan fingerprint density at radius 1 is 1.00 bits per heavy atom. The average Bonchev–Trinajstić information content (AvgIpc) is 2.53. The topological polar surface area (TPSA) is 0 Å². The summed E-state index contributed by atoms with van der Waals surface area (Å²) in [5, 5.41) is 0. The van der Waals surface area contributed by atoms with Gasteiger partial charge in [0, 0.05) is 4.88 Å². The summed E-state index contributed by atoms with van der Waals surface area (Å²) < 4.78 is 13.9. The smallest absolute Gasteiger partial charge is 0.123 e. The summed E-state index contributed by atoms with van der Waals surface area (Å²) in [6.45, 7) is 0. The van der Waals surface area contributed by atoms with E-state index in [9.17, 15) is 4.39 Å². The Hall–Kier alpha value is -0.420. The average molecular weight is 304 g/mol. The predicted octanol–water partition coefficient (Wildman–Crippen LogP) is 4.16. The van der Waals surface area contributed by atoms with Gasteiger partial charge in [0.25, 0.3) is 0 Å². The van der Waals surface area contributed by atoms with Gasteiger partial charge in [0.05, 0.1) is 2.88 Å². The molecule has 0 aliphatic heterocycles. The molecule has 0 aliphatic rings. The van der Waals surface area contributed by atoms with Gasteiger partial charge in [-0.1, -0.05) is 12.1 Å². The van der Waals surface area contributed by atoms with Crippen molar-refractivity contribution in [1.29, 1.82) is 0 Å². The first-order chi connectivity index (χ1) is 6.25. The van der Waals surface area contributed by atoms with Crippen molar-refractivity contribution in [2.45, 2.75) is 0 Å². The van der Waals surface area contributed by atoms with Gasteiger partial charge in [0.1, 0.15) is 5.82 Å². The molecule has 13 heavy (non-hydrogen) atoms. The van der Waals surface area contributed by atoms with Crippen LogP contribution in [-0.4, -0.2) is 0 Å². The zero-order valence-electron chi connectivity index (χ0n) is 6.63. The molecule has 0 unspecified atom stereocenters. The quantitative estimate of drug-likeness (QED) is 0.694. The Balaban J connectivity index is 2.41. The van der Waals surface area contributed by atoms with E-state index in [1.807, 2.05) is 0 Å². The van der Waals surface area contributed by atoms with Crippen LogP contribution >= 0.6 is 33.9 Å². The van der Waals surface area contributed by atoms with Crippen LogP contribution in [0.1, 0.15) is 0 Å². The molecule has 0 atom stereocenters. The normalized spacial score (nSPS) is 10.3. The second kappa shape index (κ2) is 3.75. The summed E-state index contributed by atoms with van der Waals surface area (Å²) in [6.07, 6.45) is 0. The second-order valence-corrected chi connectivity index (χ2v) is 5.59. The molecule has 0 saturated heterocycles. The van der Waals surface area contributed by atoms with Crippen LogP contribution in [-0.2, 0) is 0 Å². The van der Waals surface area contributed by atoms with Crippen LogP contribution in [0.3, 0.4) is 0 Å². The lowest BCUT2D eigenvalue weighted by molar-refractivity contribution is 0.628. The van der Waals surface area contributed by atoms with Crippen molar-refractivity contribution in [3.63, 3.8) is 0 Å². The summed E-state index contributed by atoms with van der Waals surface area (Å²) in [5.41, 5.74) is 1.08. The number of thiophene rings is 1. The minimum atomic E-state index is -0.185. The van der Waals surface area contributed by atoms with E-state index in [-0.39, 0.29) is 5.82 Å². The van der Waals surface area contributed by atoms with E-state index in [4.69, 9.17) is 0 Å². The van der Waals surface area contributed by atoms with Gasteiger partial charge < -0.3 is 0 Å². The number of hydrogen-bond acceptors (Lipinski definition) is 1. The SMILES string of the molecule is Fc1ccc(-c2ccc(I)s2)cc1. The van der Waals surface area contributed by atoms with Crippen molar-refractivity contribution in [3.8, 4) is 10.4 Å². The van der Waals surface area contributed by atoms with Crippen LogP contribution in [0.25, 0.3) is 10.4 Å². The van der Waals surface area contributed by atoms with Gasteiger partial charge in [-0.25, -0.2) is 4.39 Å². The fraction of sp³-hybridized carbons (Fsp3) is 0. The molecule has 0 nitrogen and oxygen atoms in total. The van der Waals surface area contributed by atoms with Gasteiger partial charge >= 0.3 is 0 Å². The molecular weight excluding hydrogens is 298 g/mol. The van der Waals surface area contributed by atoms with E-state index in [1.165, 1.54) is 19.9 Å². The molecule has 0 aliphatic carbocycles. The molecule has 0 N–H and O–H groups in total. The minimum Gasteiger partial charge on any atom is -0.207 e. The molecule has 3 heteroatoms. The van der Waals surface area contributed by atoms with Crippen LogP contribution in [0, 0.1) is 8.70 Å². The van der Waals surface area contributed by atoms with E-state index in [0.717, 1.165) is 5.56 Å². The molecule has 1 heterocycles. The Morgan fingerprint density at radius 2 is 1.69 bits per heavy atom. The highest BCUT2D eigenvalue weighted by Gasteiger charge is 2.00. The summed E-state index contributed by atoms with van der Waals surface area (Å²) in [4.78, 5) is 1.18. The molecule has 0 spiro atoms. The van der Waals surface area contributed by atoms with E-state index in [1.54, 1.807) is 23.5 Å². The van der Waals surface area contributed by atoms with Crippen molar-refractivity contribution in [2.24, 2.45) is 0 Å². The monoisotopic (exact) mass is 304 g/mol. The lowest BCUT2D eigenvalue weighted by atomic mass is 10.2. The van der Waals surface area contributed by atoms with Crippen LogP contribution in [0.15, 0.2) is 36.4 Å². The Kier molecular flexibility index (Phi) is 2.64. The van der Waals surface area contributed by atoms with E-state index < -0.39 is 0 Å². The molecule has 2 rings (SSSR count). The third kappa shape index (κ3) is 2.08. The number of benzene rings is 1. The first-order valence-electron chi connectivity index (χ1n) is 3.77. The summed E-state index contributed by atoms with van der Waals surface area (Å²) in [5.74, 6) is -0.185. The Morgan fingerprint density at radius 3 is 2.23 bits per heavy atom. The second-order valence-electron chi connectivity index (χ2n) is 2.61. The maximum atomic E-state index is 12.6. The molecule has 0 fully saturated rings. The largest absolute Gasteiger partial charge is 0.207 e. The zero-order chi connectivity index (χ0) is 9.26. The first-order valence-corrected chi connectivity index (χ1v) is 5.66. The third-order valence-electron chi connectivity index (χ3n) is 1.70. The third-order valence-corrected chi connectivity index (χ3v) is 3.64. The molecule has 1 aromatic heterocycles. The molecule has 0 radical (unpaired) electrons. The van der Waals surface area contributed by atoms with Crippen LogP contribution in [0.5, 0.6) is 0 Å². The molecule has 2 aromatic rings. The van der Waals surface area contributed by atoms with Gasteiger partial charge in [-0.15, -0.1) is 11.3 Å². The van der Waals surface area contributed by atoms with Crippen molar-refractivity contribution in [1.82, 2.24) is 0 Å².